The van der Waals surface area contributed by atoms with Gasteiger partial charge in [0.15, 0.2) is 5.82 Å². The number of aromatic nitrogens is 2. The van der Waals surface area contributed by atoms with E-state index >= 15 is 0 Å². The van der Waals surface area contributed by atoms with E-state index in [1.54, 1.807) is 17.0 Å². The lowest BCUT2D eigenvalue weighted by atomic mass is 10.2. The molecule has 0 aliphatic heterocycles. The van der Waals surface area contributed by atoms with Gasteiger partial charge in [-0.1, -0.05) is 20.3 Å². The van der Waals surface area contributed by atoms with Gasteiger partial charge in [-0.05, 0) is 12.8 Å². The highest BCUT2D eigenvalue weighted by Gasteiger charge is 2.06. The standard InChI is InChI=1S/C12H21N3O2/c1-3-5-10(16)9-14-11-12(17)15(7-4-2)8-6-13-11/h6,8,10,16H,3-5,7,9H2,1-2H3,(H,13,14). The van der Waals surface area contributed by atoms with E-state index in [-0.39, 0.29) is 5.56 Å². The minimum absolute atomic E-state index is 0.127. The number of nitrogens with zero attached hydrogens (tertiary/aromatic N) is 2. The van der Waals surface area contributed by atoms with Gasteiger partial charge in [-0.2, -0.15) is 0 Å². The Hall–Kier alpha value is -1.36. The Kier molecular flexibility index (Phi) is 5.69. The van der Waals surface area contributed by atoms with Crippen molar-refractivity contribution in [2.75, 3.05) is 11.9 Å². The van der Waals surface area contributed by atoms with Crippen LogP contribution in [0.25, 0.3) is 0 Å². The third-order valence-corrected chi connectivity index (χ3v) is 2.51. The highest BCUT2D eigenvalue weighted by molar-refractivity contribution is 5.30. The van der Waals surface area contributed by atoms with Crippen molar-refractivity contribution in [3.05, 3.63) is 22.7 Å². The smallest absolute Gasteiger partial charge is 0.293 e. The average Bonchev–Trinajstić information content (AvgIpc) is 2.31. The largest absolute Gasteiger partial charge is 0.391 e. The summed E-state index contributed by atoms with van der Waals surface area (Å²) >= 11 is 0. The van der Waals surface area contributed by atoms with Crippen molar-refractivity contribution in [1.82, 2.24) is 9.55 Å². The molecule has 0 aliphatic carbocycles. The first kappa shape index (κ1) is 13.7. The monoisotopic (exact) mass is 239 g/mol. The molecule has 5 heteroatoms. The molecular formula is C12H21N3O2. The summed E-state index contributed by atoms with van der Waals surface area (Å²) in [5, 5.41) is 12.5. The molecule has 5 nitrogen and oxygen atoms in total. The Morgan fingerprint density at radius 1 is 1.47 bits per heavy atom. The Labute approximate surface area is 102 Å². The van der Waals surface area contributed by atoms with Crippen LogP contribution in [0.1, 0.15) is 33.1 Å². The van der Waals surface area contributed by atoms with Gasteiger partial charge < -0.3 is 15.0 Å². The number of anilines is 1. The number of hydrogen-bond acceptors (Lipinski definition) is 4. The molecule has 96 valence electrons. The van der Waals surface area contributed by atoms with Gasteiger partial charge in [0.05, 0.1) is 6.10 Å². The first-order valence-electron chi connectivity index (χ1n) is 6.16. The summed E-state index contributed by atoms with van der Waals surface area (Å²) in [6, 6.07) is 0. The molecule has 0 aliphatic rings. The van der Waals surface area contributed by atoms with Crippen LogP contribution >= 0.6 is 0 Å². The first-order valence-corrected chi connectivity index (χ1v) is 6.16. The fourth-order valence-corrected chi connectivity index (χ4v) is 1.64. The second-order valence-electron chi connectivity index (χ2n) is 4.10. The maximum atomic E-state index is 11.9. The van der Waals surface area contributed by atoms with E-state index in [1.165, 1.54) is 0 Å². The van der Waals surface area contributed by atoms with E-state index in [2.05, 4.69) is 10.3 Å². The zero-order chi connectivity index (χ0) is 12.7. The fraction of sp³-hybridized carbons (Fsp3) is 0.667. The van der Waals surface area contributed by atoms with Crippen LogP contribution in [0.15, 0.2) is 17.2 Å². The molecule has 1 unspecified atom stereocenters. The zero-order valence-electron chi connectivity index (χ0n) is 10.5. The summed E-state index contributed by atoms with van der Waals surface area (Å²) in [5.41, 5.74) is -0.127. The summed E-state index contributed by atoms with van der Waals surface area (Å²) in [5.74, 6) is 0.316. The van der Waals surface area contributed by atoms with Crippen molar-refractivity contribution in [2.45, 2.75) is 45.8 Å². The molecule has 0 aromatic carbocycles. The average molecular weight is 239 g/mol. The molecule has 0 fully saturated rings. The normalized spacial score (nSPS) is 12.4. The van der Waals surface area contributed by atoms with Crippen molar-refractivity contribution >= 4 is 5.82 Å². The van der Waals surface area contributed by atoms with Gasteiger partial charge in [-0.3, -0.25) is 4.79 Å². The van der Waals surface area contributed by atoms with Crippen LogP contribution < -0.4 is 10.9 Å². The highest BCUT2D eigenvalue weighted by Crippen LogP contribution is 1.99. The number of aryl methyl sites for hydroxylation is 1. The molecule has 1 aromatic heterocycles. The predicted molar refractivity (Wildman–Crippen MR) is 68.2 cm³/mol. The SMILES string of the molecule is CCCC(O)CNc1nccn(CCC)c1=O. The van der Waals surface area contributed by atoms with Crippen LogP contribution in [-0.2, 0) is 6.54 Å². The minimum atomic E-state index is -0.430. The van der Waals surface area contributed by atoms with Gasteiger partial charge in [-0.25, -0.2) is 4.98 Å². The summed E-state index contributed by atoms with van der Waals surface area (Å²) in [6.07, 6.45) is 5.40. The Bertz CT molecular complexity index is 390. The van der Waals surface area contributed by atoms with Gasteiger partial charge in [0.1, 0.15) is 0 Å². The van der Waals surface area contributed by atoms with E-state index in [4.69, 9.17) is 0 Å². The van der Waals surface area contributed by atoms with Crippen molar-refractivity contribution < 1.29 is 5.11 Å². The lowest BCUT2D eigenvalue weighted by molar-refractivity contribution is 0.176. The molecule has 1 rings (SSSR count). The number of hydrogen-bond donors (Lipinski definition) is 2. The van der Waals surface area contributed by atoms with Crippen LogP contribution in [0.2, 0.25) is 0 Å². The van der Waals surface area contributed by atoms with Gasteiger partial charge in [0, 0.05) is 25.5 Å². The van der Waals surface area contributed by atoms with Crippen molar-refractivity contribution in [3.63, 3.8) is 0 Å². The van der Waals surface area contributed by atoms with Crippen LogP contribution in [0.3, 0.4) is 0 Å². The molecular weight excluding hydrogens is 218 g/mol. The molecule has 1 heterocycles. The van der Waals surface area contributed by atoms with Gasteiger partial charge in [-0.15, -0.1) is 0 Å². The molecule has 1 aromatic rings. The molecule has 1 atom stereocenters. The van der Waals surface area contributed by atoms with E-state index in [0.29, 0.717) is 18.9 Å². The second kappa shape index (κ2) is 7.06. The summed E-state index contributed by atoms with van der Waals surface area (Å²) in [4.78, 5) is 15.9. The quantitative estimate of drug-likeness (QED) is 0.751. The molecule has 0 bridgehead atoms. The maximum absolute atomic E-state index is 11.9. The number of aliphatic hydroxyl groups is 1. The molecule has 0 saturated heterocycles. The Balaban J connectivity index is 2.65. The van der Waals surface area contributed by atoms with Crippen molar-refractivity contribution in [2.24, 2.45) is 0 Å². The molecule has 0 amide bonds. The lowest BCUT2D eigenvalue weighted by Gasteiger charge is -2.11. The zero-order valence-corrected chi connectivity index (χ0v) is 10.5. The van der Waals surface area contributed by atoms with Crippen molar-refractivity contribution in [3.8, 4) is 0 Å². The highest BCUT2D eigenvalue weighted by atomic mass is 16.3. The van der Waals surface area contributed by atoms with Gasteiger partial charge >= 0.3 is 0 Å². The van der Waals surface area contributed by atoms with E-state index in [0.717, 1.165) is 19.3 Å². The Morgan fingerprint density at radius 2 is 2.24 bits per heavy atom. The maximum Gasteiger partial charge on any atom is 0.293 e. The van der Waals surface area contributed by atoms with Crippen LogP contribution in [0.4, 0.5) is 5.82 Å². The second-order valence-corrected chi connectivity index (χ2v) is 4.10. The fourth-order valence-electron chi connectivity index (χ4n) is 1.64. The minimum Gasteiger partial charge on any atom is -0.391 e. The number of rotatable bonds is 7. The third-order valence-electron chi connectivity index (χ3n) is 2.51. The summed E-state index contributed by atoms with van der Waals surface area (Å²) < 4.78 is 1.63. The lowest BCUT2D eigenvalue weighted by Crippen LogP contribution is -2.28. The van der Waals surface area contributed by atoms with Crippen LogP contribution in [0.5, 0.6) is 0 Å². The van der Waals surface area contributed by atoms with E-state index in [9.17, 15) is 9.90 Å². The number of aliphatic hydroxyl groups excluding tert-OH is 1. The van der Waals surface area contributed by atoms with Crippen LogP contribution in [-0.4, -0.2) is 27.3 Å². The van der Waals surface area contributed by atoms with E-state index in [1.807, 2.05) is 13.8 Å². The van der Waals surface area contributed by atoms with Crippen LogP contribution in [0, 0.1) is 0 Å². The van der Waals surface area contributed by atoms with Gasteiger partial charge in [0.2, 0.25) is 0 Å². The summed E-state index contributed by atoms with van der Waals surface area (Å²) in [7, 11) is 0. The van der Waals surface area contributed by atoms with Crippen molar-refractivity contribution in [1.29, 1.82) is 0 Å². The molecule has 0 spiro atoms. The van der Waals surface area contributed by atoms with Gasteiger partial charge in [0.25, 0.3) is 5.56 Å². The Morgan fingerprint density at radius 3 is 2.88 bits per heavy atom. The predicted octanol–water partition coefficient (Wildman–Crippen LogP) is 1.23. The molecule has 0 radical (unpaired) electrons. The first-order chi connectivity index (χ1) is 8.19. The van der Waals surface area contributed by atoms with E-state index < -0.39 is 6.10 Å². The molecule has 2 N–H and O–H groups in total. The number of nitrogens with one attached hydrogen (secondary N) is 1. The topological polar surface area (TPSA) is 67.2 Å². The molecule has 0 saturated carbocycles. The summed E-state index contributed by atoms with van der Waals surface area (Å²) in [6.45, 7) is 5.09. The molecule has 17 heavy (non-hydrogen) atoms. The third kappa shape index (κ3) is 4.19.